The summed E-state index contributed by atoms with van der Waals surface area (Å²) in [6, 6.07) is 0. The van der Waals surface area contributed by atoms with Crippen LogP contribution in [-0.2, 0) is 0 Å². The number of hydrogen-bond donors (Lipinski definition) is 0. The Bertz CT molecular complexity index is 13.5. The Morgan fingerprint density at radius 1 is 1.00 bits per heavy atom. The van der Waals surface area contributed by atoms with Crippen LogP contribution >= 0.6 is 26.8 Å². The Hall–Kier alpha value is 1.67. The first kappa shape index (κ1) is 10.6. The molecule has 0 amide bonds. The first-order chi connectivity index (χ1) is 2.73. The van der Waals surface area contributed by atoms with Gasteiger partial charge in [-0.25, -0.2) is 0 Å². The Morgan fingerprint density at radius 3 is 1.00 bits per heavy atom. The third kappa shape index (κ3) is 44.4. The standard InChI is InChI=1S/C2H6.3ClH.Sn.H/c1-2;;;;;/h1-2H3;3*1H;;/q;;;;+3;/p-3. The monoisotopic (exact) mass is 256 g/mol. The second-order valence-electron chi connectivity index (χ2n) is 0.247. The molecule has 0 saturated carbocycles. The Balaban J connectivity index is 0. The van der Waals surface area contributed by atoms with Gasteiger partial charge in [-0.1, -0.05) is 13.8 Å². The van der Waals surface area contributed by atoms with Crippen LogP contribution in [0, 0.1) is 0 Å². The van der Waals surface area contributed by atoms with Crippen molar-refractivity contribution in [1.82, 2.24) is 0 Å². The molecule has 4 heteroatoms. The van der Waals surface area contributed by atoms with Crippen molar-refractivity contribution in [3.63, 3.8) is 0 Å². The molecular formula is C2H7Cl3Sn. The molecule has 0 aromatic carbocycles. The summed E-state index contributed by atoms with van der Waals surface area (Å²) in [6.07, 6.45) is 0. The van der Waals surface area contributed by atoms with Gasteiger partial charge in [0, 0.05) is 0 Å². The summed E-state index contributed by atoms with van der Waals surface area (Å²) in [6.45, 7) is 4.00. The van der Waals surface area contributed by atoms with Gasteiger partial charge < -0.3 is 0 Å². The summed E-state index contributed by atoms with van der Waals surface area (Å²) in [7, 11) is 15.0. The molecule has 0 heterocycles. The van der Waals surface area contributed by atoms with E-state index >= 15 is 0 Å². The van der Waals surface area contributed by atoms with Gasteiger partial charge in [-0.05, 0) is 0 Å². The van der Waals surface area contributed by atoms with Crippen molar-refractivity contribution in [2.24, 2.45) is 0 Å². The van der Waals surface area contributed by atoms with E-state index < -0.39 is 16.4 Å². The minimum absolute atomic E-state index is 2.00. The average molecular weight is 256 g/mol. The van der Waals surface area contributed by atoms with Gasteiger partial charge in [0.2, 0.25) is 0 Å². The average Bonchev–Trinajstić information content (AvgIpc) is 1.41. The van der Waals surface area contributed by atoms with E-state index in [2.05, 4.69) is 0 Å². The van der Waals surface area contributed by atoms with Crippen LogP contribution in [0.3, 0.4) is 0 Å². The number of hydrogen-bond acceptors (Lipinski definition) is 0. The first-order valence-corrected chi connectivity index (χ1v) is 14.2. The van der Waals surface area contributed by atoms with Crippen LogP contribution in [0.5, 0.6) is 0 Å². The third-order valence-electron chi connectivity index (χ3n) is 0. The van der Waals surface area contributed by atoms with Crippen molar-refractivity contribution in [1.29, 1.82) is 0 Å². The topological polar surface area (TPSA) is 0 Å². The number of halogens is 3. The normalized spacial score (nSPS) is 7.00. The van der Waals surface area contributed by atoms with Crippen molar-refractivity contribution in [2.45, 2.75) is 13.8 Å². The van der Waals surface area contributed by atoms with Crippen LogP contribution < -0.4 is 0 Å². The molecule has 0 aliphatic rings. The fraction of sp³-hybridized carbons (Fsp3) is 1.00. The van der Waals surface area contributed by atoms with Crippen molar-refractivity contribution < 1.29 is 0 Å². The van der Waals surface area contributed by atoms with Crippen LogP contribution in [0.1, 0.15) is 13.8 Å². The van der Waals surface area contributed by atoms with Gasteiger partial charge in [0.15, 0.2) is 0 Å². The van der Waals surface area contributed by atoms with Gasteiger partial charge in [-0.15, -0.1) is 0 Å². The molecule has 0 bridgehead atoms. The molecule has 0 rings (SSSR count). The molecule has 0 atom stereocenters. The Kier molecular flexibility index (Phi) is 17.4. The summed E-state index contributed by atoms with van der Waals surface area (Å²) < 4.78 is 0. The molecule has 0 spiro atoms. The molecule has 0 aliphatic heterocycles. The van der Waals surface area contributed by atoms with Crippen LogP contribution in [-0.4, -0.2) is 16.4 Å². The summed E-state index contributed by atoms with van der Waals surface area (Å²) in [4.78, 5) is 0. The maximum atomic E-state index is 5.02. The zero-order chi connectivity index (χ0) is 5.58. The first-order valence-electron chi connectivity index (χ1n) is 1.65. The minimum atomic E-state index is -2.22. The van der Waals surface area contributed by atoms with Crippen molar-refractivity contribution in [2.75, 3.05) is 0 Å². The van der Waals surface area contributed by atoms with Crippen molar-refractivity contribution in [3.8, 4) is 0 Å². The van der Waals surface area contributed by atoms with E-state index in [9.17, 15) is 0 Å². The van der Waals surface area contributed by atoms with E-state index in [1.165, 1.54) is 0 Å². The zero-order valence-electron chi connectivity index (χ0n) is 3.71. The molecular weight excluding hydrogens is 249 g/mol. The summed E-state index contributed by atoms with van der Waals surface area (Å²) in [5.41, 5.74) is 0. The summed E-state index contributed by atoms with van der Waals surface area (Å²) in [5, 5.41) is 0. The fourth-order valence-electron chi connectivity index (χ4n) is 0. The van der Waals surface area contributed by atoms with Gasteiger partial charge in [-0.2, -0.15) is 0 Å². The van der Waals surface area contributed by atoms with Crippen molar-refractivity contribution in [3.05, 3.63) is 0 Å². The Labute approximate surface area is 56.7 Å². The quantitative estimate of drug-likeness (QED) is 0.584. The maximum absolute atomic E-state index is 5.02. The summed E-state index contributed by atoms with van der Waals surface area (Å²) in [5.74, 6) is 0. The van der Waals surface area contributed by atoms with Crippen LogP contribution in [0.4, 0.5) is 0 Å². The molecule has 0 aromatic rings. The van der Waals surface area contributed by atoms with E-state index in [4.69, 9.17) is 26.8 Å². The molecule has 0 nitrogen and oxygen atoms in total. The molecule has 0 radical (unpaired) electrons. The van der Waals surface area contributed by atoms with Crippen molar-refractivity contribution >= 4 is 43.1 Å². The molecule has 0 aromatic heterocycles. The predicted octanol–water partition coefficient (Wildman–Crippen LogP) is 2.45. The SMILES string of the molecule is CC.[Cl][SnH]([Cl])[Cl]. The van der Waals surface area contributed by atoms with Gasteiger partial charge in [-0.3, -0.25) is 0 Å². The molecule has 0 saturated heterocycles. The second-order valence-corrected chi connectivity index (χ2v) is 14.9. The zero-order valence-corrected chi connectivity index (χ0v) is 9.27. The summed E-state index contributed by atoms with van der Waals surface area (Å²) >= 11 is -2.22. The van der Waals surface area contributed by atoms with Gasteiger partial charge in [0.1, 0.15) is 0 Å². The van der Waals surface area contributed by atoms with E-state index in [-0.39, 0.29) is 0 Å². The van der Waals surface area contributed by atoms with Crippen LogP contribution in [0.15, 0.2) is 0 Å². The molecule has 0 fully saturated rings. The van der Waals surface area contributed by atoms with E-state index in [1.807, 2.05) is 13.8 Å². The van der Waals surface area contributed by atoms with E-state index in [0.29, 0.717) is 0 Å². The molecule has 0 N–H and O–H groups in total. The van der Waals surface area contributed by atoms with Crippen LogP contribution in [0.25, 0.3) is 0 Å². The fourth-order valence-corrected chi connectivity index (χ4v) is 0. The van der Waals surface area contributed by atoms with E-state index in [0.717, 1.165) is 0 Å². The van der Waals surface area contributed by atoms with Gasteiger partial charge in [0.05, 0.1) is 0 Å². The molecule has 40 valence electrons. The van der Waals surface area contributed by atoms with E-state index in [1.54, 1.807) is 0 Å². The molecule has 0 unspecified atom stereocenters. The van der Waals surface area contributed by atoms with Gasteiger partial charge in [0.25, 0.3) is 0 Å². The second kappa shape index (κ2) is 9.83. The van der Waals surface area contributed by atoms with Crippen LogP contribution in [0.2, 0.25) is 0 Å². The Morgan fingerprint density at radius 2 is 1.00 bits per heavy atom. The van der Waals surface area contributed by atoms with Gasteiger partial charge >= 0.3 is 43.1 Å². The molecule has 0 aliphatic carbocycles. The number of rotatable bonds is 0. The molecule has 6 heavy (non-hydrogen) atoms. The predicted molar refractivity (Wildman–Crippen MR) is 36.1 cm³/mol. The third-order valence-corrected chi connectivity index (χ3v) is 0.